The van der Waals surface area contributed by atoms with Gasteiger partial charge in [-0.25, -0.2) is 0 Å². The fraction of sp³-hybridized carbons (Fsp3) is 0.409. The zero-order valence-corrected chi connectivity index (χ0v) is 18.1. The summed E-state index contributed by atoms with van der Waals surface area (Å²) in [5.74, 6) is 1.40. The standard InChI is InChI=1S/C22H26BrNO3/c1-13-6-7-19-17(8-13)18(11-22(4,5)27-19)24-20(25)12-26-16-9-14(2)21(23)15(3)10-16/h6-10,18H,11-12H2,1-5H3,(H,24,25)/t18-/m0/s1. The van der Waals surface area contributed by atoms with Gasteiger partial charge in [-0.1, -0.05) is 33.6 Å². The zero-order chi connectivity index (χ0) is 19.8. The number of aryl methyl sites for hydroxylation is 3. The van der Waals surface area contributed by atoms with Gasteiger partial charge in [-0.05, 0) is 63.9 Å². The zero-order valence-electron chi connectivity index (χ0n) is 16.5. The second kappa shape index (κ2) is 7.55. The molecule has 2 aromatic rings. The van der Waals surface area contributed by atoms with Crippen LogP contribution in [0.1, 0.15) is 48.6 Å². The number of amides is 1. The third kappa shape index (κ3) is 4.64. The van der Waals surface area contributed by atoms with Crippen LogP contribution in [0.25, 0.3) is 0 Å². The van der Waals surface area contributed by atoms with Crippen molar-refractivity contribution in [2.75, 3.05) is 6.61 Å². The molecule has 27 heavy (non-hydrogen) atoms. The Kier molecular flexibility index (Phi) is 5.52. The Labute approximate surface area is 169 Å². The Morgan fingerprint density at radius 1 is 1.22 bits per heavy atom. The molecule has 5 heteroatoms. The van der Waals surface area contributed by atoms with Gasteiger partial charge >= 0.3 is 0 Å². The third-order valence-corrected chi connectivity index (χ3v) is 5.99. The van der Waals surface area contributed by atoms with Crippen molar-refractivity contribution in [3.63, 3.8) is 0 Å². The highest BCUT2D eigenvalue weighted by Crippen LogP contribution is 2.39. The summed E-state index contributed by atoms with van der Waals surface area (Å²) in [5.41, 5.74) is 4.01. The van der Waals surface area contributed by atoms with Crippen molar-refractivity contribution in [3.05, 3.63) is 57.1 Å². The van der Waals surface area contributed by atoms with Crippen LogP contribution in [0.4, 0.5) is 0 Å². The molecule has 0 saturated heterocycles. The summed E-state index contributed by atoms with van der Waals surface area (Å²) >= 11 is 3.54. The Bertz CT molecular complexity index is 853. The van der Waals surface area contributed by atoms with Crippen LogP contribution in [-0.4, -0.2) is 18.1 Å². The van der Waals surface area contributed by atoms with Gasteiger partial charge in [0.25, 0.3) is 5.91 Å². The Hall–Kier alpha value is -2.01. The van der Waals surface area contributed by atoms with Crippen molar-refractivity contribution in [1.82, 2.24) is 5.32 Å². The third-order valence-electron chi connectivity index (χ3n) is 4.74. The number of rotatable bonds is 4. The van der Waals surface area contributed by atoms with Gasteiger partial charge in [0, 0.05) is 16.5 Å². The number of ether oxygens (including phenoxy) is 2. The number of fused-ring (bicyclic) bond motifs is 1. The summed E-state index contributed by atoms with van der Waals surface area (Å²) in [6, 6.07) is 9.86. The Morgan fingerprint density at radius 2 is 1.89 bits per heavy atom. The van der Waals surface area contributed by atoms with E-state index in [9.17, 15) is 4.79 Å². The van der Waals surface area contributed by atoms with Gasteiger partial charge in [0.15, 0.2) is 6.61 Å². The van der Waals surface area contributed by atoms with Crippen LogP contribution in [0, 0.1) is 20.8 Å². The molecule has 2 aromatic carbocycles. The maximum absolute atomic E-state index is 12.5. The highest BCUT2D eigenvalue weighted by molar-refractivity contribution is 9.10. The molecule has 4 nitrogen and oxygen atoms in total. The molecule has 3 rings (SSSR count). The van der Waals surface area contributed by atoms with Crippen molar-refractivity contribution in [2.24, 2.45) is 0 Å². The molecule has 1 heterocycles. The molecule has 0 fully saturated rings. The summed E-state index contributed by atoms with van der Waals surface area (Å²) < 4.78 is 12.9. The molecule has 0 unspecified atom stereocenters. The fourth-order valence-corrected chi connectivity index (χ4v) is 3.71. The summed E-state index contributed by atoms with van der Waals surface area (Å²) in [6.45, 7) is 10.1. The number of halogens is 1. The van der Waals surface area contributed by atoms with Crippen molar-refractivity contribution in [2.45, 2.75) is 52.7 Å². The summed E-state index contributed by atoms with van der Waals surface area (Å²) in [7, 11) is 0. The first-order chi connectivity index (χ1) is 12.6. The van der Waals surface area contributed by atoms with Gasteiger partial charge in [0.05, 0.1) is 6.04 Å². The van der Waals surface area contributed by atoms with E-state index in [2.05, 4.69) is 27.3 Å². The first-order valence-corrected chi connectivity index (χ1v) is 9.92. The number of carbonyl (C=O) groups excluding carboxylic acids is 1. The topological polar surface area (TPSA) is 47.6 Å². The van der Waals surface area contributed by atoms with Crippen LogP contribution in [0.3, 0.4) is 0 Å². The minimum absolute atomic E-state index is 0.0144. The van der Waals surface area contributed by atoms with Crippen LogP contribution < -0.4 is 14.8 Å². The molecule has 0 aliphatic carbocycles. The average Bonchev–Trinajstić information content (AvgIpc) is 2.57. The highest BCUT2D eigenvalue weighted by atomic mass is 79.9. The lowest BCUT2D eigenvalue weighted by Crippen LogP contribution is -2.42. The van der Waals surface area contributed by atoms with E-state index in [1.54, 1.807) is 0 Å². The Balaban J connectivity index is 1.70. The van der Waals surface area contributed by atoms with E-state index in [0.29, 0.717) is 12.2 Å². The molecule has 0 bridgehead atoms. The van der Waals surface area contributed by atoms with E-state index in [1.807, 2.05) is 58.9 Å². The molecule has 1 amide bonds. The number of nitrogens with one attached hydrogen (secondary N) is 1. The first kappa shape index (κ1) is 19.7. The maximum atomic E-state index is 12.5. The second-order valence-electron chi connectivity index (χ2n) is 7.89. The van der Waals surface area contributed by atoms with Crippen molar-refractivity contribution >= 4 is 21.8 Å². The van der Waals surface area contributed by atoms with Crippen LogP contribution in [0.5, 0.6) is 11.5 Å². The fourth-order valence-electron chi connectivity index (χ4n) is 3.48. The van der Waals surface area contributed by atoms with Gasteiger partial charge in [-0.3, -0.25) is 4.79 Å². The molecular weight excluding hydrogens is 406 g/mol. The van der Waals surface area contributed by atoms with Crippen LogP contribution in [0.2, 0.25) is 0 Å². The summed E-state index contributed by atoms with van der Waals surface area (Å²) in [6.07, 6.45) is 0.714. The highest BCUT2D eigenvalue weighted by Gasteiger charge is 2.34. The van der Waals surface area contributed by atoms with Gasteiger partial charge in [-0.2, -0.15) is 0 Å². The lowest BCUT2D eigenvalue weighted by molar-refractivity contribution is -0.124. The number of hydrogen-bond donors (Lipinski definition) is 1. The van der Waals surface area contributed by atoms with Gasteiger partial charge in [-0.15, -0.1) is 0 Å². The predicted molar refractivity (Wildman–Crippen MR) is 110 cm³/mol. The minimum atomic E-state index is -0.332. The SMILES string of the molecule is Cc1ccc2c(c1)[C@@H](NC(=O)COc1cc(C)c(Br)c(C)c1)CC(C)(C)O2. The van der Waals surface area contributed by atoms with E-state index in [1.165, 1.54) is 0 Å². The molecule has 0 radical (unpaired) electrons. The molecule has 1 N–H and O–H groups in total. The van der Waals surface area contributed by atoms with Crippen molar-refractivity contribution < 1.29 is 14.3 Å². The summed E-state index contributed by atoms with van der Waals surface area (Å²) in [5, 5.41) is 3.12. The van der Waals surface area contributed by atoms with Gasteiger partial charge in [0.2, 0.25) is 0 Å². The van der Waals surface area contributed by atoms with E-state index in [0.717, 1.165) is 32.5 Å². The van der Waals surface area contributed by atoms with E-state index < -0.39 is 0 Å². The van der Waals surface area contributed by atoms with Crippen LogP contribution in [0.15, 0.2) is 34.8 Å². The van der Waals surface area contributed by atoms with Crippen LogP contribution >= 0.6 is 15.9 Å². The monoisotopic (exact) mass is 431 g/mol. The number of carbonyl (C=O) groups is 1. The lowest BCUT2D eigenvalue weighted by atomic mass is 9.89. The molecule has 1 aliphatic rings. The number of hydrogen-bond acceptors (Lipinski definition) is 3. The van der Waals surface area contributed by atoms with Gasteiger partial charge < -0.3 is 14.8 Å². The normalized spacial score (nSPS) is 17.6. The smallest absolute Gasteiger partial charge is 0.258 e. The largest absolute Gasteiger partial charge is 0.487 e. The molecule has 0 aromatic heterocycles. The van der Waals surface area contributed by atoms with E-state index in [4.69, 9.17) is 9.47 Å². The molecule has 1 atom stereocenters. The molecule has 0 saturated carbocycles. The minimum Gasteiger partial charge on any atom is -0.487 e. The average molecular weight is 432 g/mol. The first-order valence-electron chi connectivity index (χ1n) is 9.13. The van der Waals surface area contributed by atoms with E-state index >= 15 is 0 Å². The van der Waals surface area contributed by atoms with Crippen molar-refractivity contribution in [1.29, 1.82) is 0 Å². The summed E-state index contributed by atoms with van der Waals surface area (Å²) in [4.78, 5) is 12.5. The van der Waals surface area contributed by atoms with Gasteiger partial charge in [0.1, 0.15) is 17.1 Å². The molecule has 144 valence electrons. The second-order valence-corrected chi connectivity index (χ2v) is 8.68. The number of benzene rings is 2. The van der Waals surface area contributed by atoms with Crippen LogP contribution in [-0.2, 0) is 4.79 Å². The van der Waals surface area contributed by atoms with Crippen molar-refractivity contribution in [3.8, 4) is 11.5 Å². The molecular formula is C22H26BrNO3. The lowest BCUT2D eigenvalue weighted by Gasteiger charge is -2.38. The maximum Gasteiger partial charge on any atom is 0.258 e. The molecule has 1 aliphatic heterocycles. The molecule has 0 spiro atoms. The van der Waals surface area contributed by atoms with E-state index in [-0.39, 0.29) is 24.2 Å². The Morgan fingerprint density at radius 3 is 2.56 bits per heavy atom. The predicted octanol–water partition coefficient (Wildman–Crippen LogP) is 5.17. The quantitative estimate of drug-likeness (QED) is 0.725.